The first kappa shape index (κ1) is 14.2. The molecule has 3 rings (SSSR count). The van der Waals surface area contributed by atoms with Crippen molar-refractivity contribution in [2.24, 2.45) is 5.92 Å². The van der Waals surface area contributed by atoms with Crippen molar-refractivity contribution in [3.8, 4) is 0 Å². The van der Waals surface area contributed by atoms with Crippen LogP contribution in [0.25, 0.3) is 0 Å². The fourth-order valence-electron chi connectivity index (χ4n) is 3.84. The zero-order valence-electron chi connectivity index (χ0n) is 12.2. The number of carboxylic acid groups (broad SMARTS) is 1. The van der Waals surface area contributed by atoms with Crippen molar-refractivity contribution >= 4 is 11.9 Å². The second-order valence-corrected chi connectivity index (χ2v) is 6.17. The van der Waals surface area contributed by atoms with Crippen molar-refractivity contribution in [1.29, 1.82) is 0 Å². The number of carboxylic acids is 1. The smallest absolute Gasteiger partial charge is 0.326 e. The van der Waals surface area contributed by atoms with Gasteiger partial charge < -0.3 is 14.4 Å². The van der Waals surface area contributed by atoms with Gasteiger partial charge in [0.15, 0.2) is 5.76 Å². The van der Waals surface area contributed by atoms with E-state index in [0.29, 0.717) is 18.1 Å². The van der Waals surface area contributed by atoms with E-state index in [0.717, 1.165) is 25.7 Å². The Morgan fingerprint density at radius 1 is 1.19 bits per heavy atom. The van der Waals surface area contributed by atoms with Crippen LogP contribution < -0.4 is 0 Å². The Morgan fingerprint density at radius 2 is 1.95 bits per heavy atom. The van der Waals surface area contributed by atoms with Gasteiger partial charge >= 0.3 is 5.97 Å². The van der Waals surface area contributed by atoms with Crippen molar-refractivity contribution < 1.29 is 19.1 Å². The molecular formula is C16H21NO4. The Labute approximate surface area is 123 Å². The number of nitrogens with zero attached hydrogens (tertiary/aromatic N) is 1. The molecule has 2 fully saturated rings. The van der Waals surface area contributed by atoms with Gasteiger partial charge in [0.05, 0.1) is 0 Å². The van der Waals surface area contributed by atoms with Crippen LogP contribution in [0.15, 0.2) is 16.5 Å². The summed E-state index contributed by atoms with van der Waals surface area (Å²) in [4.78, 5) is 25.9. The summed E-state index contributed by atoms with van der Waals surface area (Å²) in [5, 5.41) is 9.48. The van der Waals surface area contributed by atoms with Crippen LogP contribution in [0.2, 0.25) is 0 Å². The van der Waals surface area contributed by atoms with E-state index in [1.54, 1.807) is 24.0 Å². The van der Waals surface area contributed by atoms with Crippen LogP contribution in [0.3, 0.4) is 0 Å². The predicted molar refractivity (Wildman–Crippen MR) is 76.0 cm³/mol. The minimum atomic E-state index is -0.907. The molecule has 1 saturated carbocycles. The summed E-state index contributed by atoms with van der Waals surface area (Å²) < 4.78 is 5.42. The summed E-state index contributed by atoms with van der Waals surface area (Å²) in [6.45, 7) is 1.78. The molecule has 3 atom stereocenters. The molecule has 2 heterocycles. The van der Waals surface area contributed by atoms with E-state index < -0.39 is 12.0 Å². The summed E-state index contributed by atoms with van der Waals surface area (Å²) in [6.07, 6.45) is 5.69. The second-order valence-electron chi connectivity index (χ2n) is 6.17. The van der Waals surface area contributed by atoms with Gasteiger partial charge in [-0.15, -0.1) is 0 Å². The second kappa shape index (κ2) is 5.54. The number of hydrogen-bond donors (Lipinski definition) is 1. The van der Waals surface area contributed by atoms with E-state index in [4.69, 9.17) is 4.42 Å². The van der Waals surface area contributed by atoms with Crippen molar-refractivity contribution in [2.75, 3.05) is 0 Å². The molecule has 1 aromatic rings. The number of fused-ring (bicyclic) bond motifs is 1. The Bertz CT molecular complexity index is 550. The molecule has 5 nitrogen and oxygen atoms in total. The number of hydrogen-bond acceptors (Lipinski definition) is 3. The first-order valence-corrected chi connectivity index (χ1v) is 7.70. The summed E-state index contributed by atoms with van der Waals surface area (Å²) in [7, 11) is 0. The molecule has 114 valence electrons. The molecule has 5 heteroatoms. The van der Waals surface area contributed by atoms with Crippen LogP contribution in [-0.2, 0) is 4.79 Å². The molecule has 0 spiro atoms. The predicted octanol–water partition coefficient (Wildman–Crippen LogP) is 2.84. The quantitative estimate of drug-likeness (QED) is 0.909. The van der Waals surface area contributed by atoms with E-state index in [2.05, 4.69) is 0 Å². The molecule has 3 unspecified atom stereocenters. The molecular weight excluding hydrogens is 270 g/mol. The van der Waals surface area contributed by atoms with Crippen LogP contribution in [0.4, 0.5) is 0 Å². The summed E-state index contributed by atoms with van der Waals surface area (Å²) in [6, 6.07) is 2.71. The molecule has 2 aliphatic rings. The molecule has 0 radical (unpaired) electrons. The molecule has 1 aliphatic heterocycles. The van der Waals surface area contributed by atoms with Gasteiger partial charge in [-0.05, 0) is 50.7 Å². The molecule has 1 amide bonds. The number of carbonyl (C=O) groups excluding carboxylic acids is 1. The zero-order valence-corrected chi connectivity index (χ0v) is 12.2. The largest absolute Gasteiger partial charge is 0.480 e. The number of rotatable bonds is 2. The monoisotopic (exact) mass is 291 g/mol. The number of furan rings is 1. The van der Waals surface area contributed by atoms with Crippen molar-refractivity contribution in [3.63, 3.8) is 0 Å². The van der Waals surface area contributed by atoms with E-state index in [1.165, 1.54) is 6.42 Å². The molecule has 21 heavy (non-hydrogen) atoms. The molecule has 0 aromatic carbocycles. The lowest BCUT2D eigenvalue weighted by Gasteiger charge is -2.46. The number of aryl methyl sites for hydroxylation is 1. The highest BCUT2D eigenvalue weighted by Gasteiger charge is 2.44. The topological polar surface area (TPSA) is 70.8 Å². The maximum absolute atomic E-state index is 12.8. The molecule has 1 aliphatic carbocycles. The first-order valence-electron chi connectivity index (χ1n) is 7.70. The first-order chi connectivity index (χ1) is 10.1. The number of aliphatic carboxylic acids is 1. The summed E-state index contributed by atoms with van der Waals surface area (Å²) in [5.41, 5.74) is 0. The lowest BCUT2D eigenvalue weighted by Crippen LogP contribution is -2.57. The highest BCUT2D eigenvalue weighted by atomic mass is 16.4. The third kappa shape index (κ3) is 2.57. The SMILES string of the molecule is Cc1ccc(C(=O)N2C(C(=O)O)CCC3CCCCC32)o1. The van der Waals surface area contributed by atoms with E-state index >= 15 is 0 Å². The van der Waals surface area contributed by atoms with Crippen molar-refractivity contribution in [3.05, 3.63) is 23.7 Å². The zero-order chi connectivity index (χ0) is 15.0. The van der Waals surface area contributed by atoms with Crippen molar-refractivity contribution in [1.82, 2.24) is 4.90 Å². The average Bonchev–Trinajstić information content (AvgIpc) is 2.91. The minimum absolute atomic E-state index is 0.0477. The van der Waals surface area contributed by atoms with Crippen molar-refractivity contribution in [2.45, 2.75) is 57.5 Å². The van der Waals surface area contributed by atoms with Crippen LogP contribution in [0.1, 0.15) is 54.8 Å². The van der Waals surface area contributed by atoms with Gasteiger partial charge in [0.1, 0.15) is 11.8 Å². The van der Waals surface area contributed by atoms with Gasteiger partial charge in [-0.1, -0.05) is 12.8 Å². The lowest BCUT2D eigenvalue weighted by atomic mass is 9.76. The fourth-order valence-corrected chi connectivity index (χ4v) is 3.84. The van der Waals surface area contributed by atoms with Crippen LogP contribution in [0.5, 0.6) is 0 Å². The Kier molecular flexibility index (Phi) is 3.74. The third-order valence-electron chi connectivity index (χ3n) is 4.84. The summed E-state index contributed by atoms with van der Waals surface area (Å²) >= 11 is 0. The minimum Gasteiger partial charge on any atom is -0.480 e. The number of carbonyl (C=O) groups is 2. The van der Waals surface area contributed by atoms with E-state index in [9.17, 15) is 14.7 Å². The van der Waals surface area contributed by atoms with Crippen LogP contribution >= 0.6 is 0 Å². The molecule has 1 saturated heterocycles. The van der Waals surface area contributed by atoms with Gasteiger partial charge in [-0.2, -0.15) is 0 Å². The summed E-state index contributed by atoms with van der Waals surface area (Å²) in [5.74, 6) is 0.185. The van der Waals surface area contributed by atoms with Gasteiger partial charge in [0, 0.05) is 6.04 Å². The standard InChI is InChI=1S/C16H21NO4/c1-10-6-9-14(21-10)15(18)17-12-5-3-2-4-11(12)7-8-13(17)16(19)20/h6,9,11-13H,2-5,7-8H2,1H3,(H,19,20). The number of amides is 1. The Hall–Kier alpha value is -1.78. The van der Waals surface area contributed by atoms with Crippen LogP contribution in [0, 0.1) is 12.8 Å². The van der Waals surface area contributed by atoms with Gasteiger partial charge in [0.25, 0.3) is 5.91 Å². The maximum Gasteiger partial charge on any atom is 0.326 e. The van der Waals surface area contributed by atoms with E-state index in [-0.39, 0.29) is 17.7 Å². The normalized spacial score (nSPS) is 29.0. The molecule has 0 bridgehead atoms. The van der Waals surface area contributed by atoms with Gasteiger partial charge in [-0.3, -0.25) is 4.79 Å². The molecule has 1 aromatic heterocycles. The van der Waals surface area contributed by atoms with Gasteiger partial charge in [0.2, 0.25) is 0 Å². The number of piperidine rings is 1. The fraction of sp³-hybridized carbons (Fsp3) is 0.625. The van der Waals surface area contributed by atoms with Crippen LogP contribution in [-0.4, -0.2) is 34.0 Å². The molecule has 1 N–H and O–H groups in total. The Morgan fingerprint density at radius 3 is 2.62 bits per heavy atom. The Balaban J connectivity index is 1.92. The maximum atomic E-state index is 12.8. The average molecular weight is 291 g/mol. The van der Waals surface area contributed by atoms with Gasteiger partial charge in [-0.25, -0.2) is 4.79 Å². The highest BCUT2D eigenvalue weighted by Crippen LogP contribution is 2.38. The number of likely N-dealkylation sites (tertiary alicyclic amines) is 1. The highest BCUT2D eigenvalue weighted by molar-refractivity contribution is 5.94. The van der Waals surface area contributed by atoms with E-state index in [1.807, 2.05) is 0 Å². The lowest BCUT2D eigenvalue weighted by molar-refractivity contribution is -0.146. The third-order valence-corrected chi connectivity index (χ3v) is 4.84.